The number of halogens is 1. The van der Waals surface area contributed by atoms with E-state index in [4.69, 9.17) is 0 Å². The van der Waals surface area contributed by atoms with Crippen LogP contribution in [0.3, 0.4) is 0 Å². The van der Waals surface area contributed by atoms with Gasteiger partial charge in [-0.25, -0.2) is 9.78 Å². The van der Waals surface area contributed by atoms with Crippen molar-refractivity contribution in [1.29, 1.82) is 0 Å². The minimum absolute atomic E-state index is 0.252. The zero-order valence-corrected chi connectivity index (χ0v) is 12.3. The lowest BCUT2D eigenvalue weighted by Crippen LogP contribution is -2.02. The van der Waals surface area contributed by atoms with Crippen LogP contribution in [-0.4, -0.2) is 20.6 Å². The summed E-state index contributed by atoms with van der Waals surface area (Å²) < 4.78 is 2.81. The average Bonchev–Trinajstić information content (AvgIpc) is 2.82. The van der Waals surface area contributed by atoms with Crippen molar-refractivity contribution in [3.63, 3.8) is 0 Å². The number of carbonyl (C=O) groups is 1. The fourth-order valence-corrected chi connectivity index (χ4v) is 2.79. The first-order valence-electron chi connectivity index (χ1n) is 6.04. The van der Waals surface area contributed by atoms with Crippen LogP contribution < -0.4 is 0 Å². The van der Waals surface area contributed by atoms with E-state index in [0.717, 1.165) is 15.7 Å². The third-order valence-electron chi connectivity index (χ3n) is 3.22. The molecule has 100 valence electrons. The van der Waals surface area contributed by atoms with Gasteiger partial charge in [0, 0.05) is 4.47 Å². The van der Waals surface area contributed by atoms with E-state index in [1.54, 1.807) is 18.5 Å². The third kappa shape index (κ3) is 2.00. The Hall–Kier alpha value is -2.14. The second-order valence-corrected chi connectivity index (χ2v) is 5.44. The molecular weight excluding hydrogens is 320 g/mol. The standard InChI is InChI=1S/C15H11BrN2O2/c1-9-7-10(16)5-6-13(9)18-8-17-12-4-2-3-11(14(12)18)15(19)20/h2-8H,1H3,(H,19,20). The van der Waals surface area contributed by atoms with E-state index in [1.807, 2.05) is 35.8 Å². The Bertz CT molecular complexity index is 824. The third-order valence-corrected chi connectivity index (χ3v) is 3.71. The molecule has 2 aromatic carbocycles. The lowest BCUT2D eigenvalue weighted by atomic mass is 10.1. The summed E-state index contributed by atoms with van der Waals surface area (Å²) in [5, 5.41) is 9.34. The summed E-state index contributed by atoms with van der Waals surface area (Å²) in [4.78, 5) is 15.7. The highest BCUT2D eigenvalue weighted by Gasteiger charge is 2.15. The zero-order chi connectivity index (χ0) is 14.3. The second kappa shape index (κ2) is 4.76. The lowest BCUT2D eigenvalue weighted by Gasteiger charge is -2.10. The van der Waals surface area contributed by atoms with Crippen molar-refractivity contribution in [2.45, 2.75) is 6.92 Å². The maximum atomic E-state index is 11.4. The second-order valence-electron chi connectivity index (χ2n) is 4.52. The van der Waals surface area contributed by atoms with Gasteiger partial charge in [-0.15, -0.1) is 0 Å². The van der Waals surface area contributed by atoms with E-state index in [-0.39, 0.29) is 5.56 Å². The van der Waals surface area contributed by atoms with Gasteiger partial charge in [0.05, 0.1) is 22.3 Å². The number of aromatic nitrogens is 2. The van der Waals surface area contributed by atoms with Crippen molar-refractivity contribution >= 4 is 32.9 Å². The maximum Gasteiger partial charge on any atom is 0.337 e. The molecule has 0 fully saturated rings. The fraction of sp³-hybridized carbons (Fsp3) is 0.0667. The summed E-state index contributed by atoms with van der Waals surface area (Å²) in [5.74, 6) is -0.952. The number of carboxylic acid groups (broad SMARTS) is 1. The molecule has 0 bridgehead atoms. The van der Waals surface area contributed by atoms with Gasteiger partial charge in [-0.05, 0) is 42.8 Å². The molecule has 0 atom stereocenters. The highest BCUT2D eigenvalue weighted by atomic mass is 79.9. The number of aromatic carboxylic acids is 1. The van der Waals surface area contributed by atoms with Gasteiger partial charge in [-0.1, -0.05) is 22.0 Å². The lowest BCUT2D eigenvalue weighted by molar-refractivity contribution is 0.0698. The average molecular weight is 331 g/mol. The molecule has 0 radical (unpaired) electrons. The Kier molecular flexibility index (Phi) is 3.06. The van der Waals surface area contributed by atoms with Gasteiger partial charge >= 0.3 is 5.97 Å². The molecule has 0 saturated carbocycles. The zero-order valence-electron chi connectivity index (χ0n) is 10.7. The smallest absolute Gasteiger partial charge is 0.337 e. The van der Waals surface area contributed by atoms with Gasteiger partial charge in [0.1, 0.15) is 6.33 Å². The maximum absolute atomic E-state index is 11.4. The minimum atomic E-state index is -0.952. The largest absolute Gasteiger partial charge is 0.478 e. The van der Waals surface area contributed by atoms with E-state index in [0.29, 0.717) is 11.0 Å². The number of rotatable bonds is 2. The fourth-order valence-electron chi connectivity index (χ4n) is 2.31. The van der Waals surface area contributed by atoms with Crippen LogP contribution in [0.1, 0.15) is 15.9 Å². The molecule has 3 aromatic rings. The van der Waals surface area contributed by atoms with Crippen LogP contribution in [0, 0.1) is 6.92 Å². The van der Waals surface area contributed by atoms with Crippen LogP contribution >= 0.6 is 15.9 Å². The number of benzene rings is 2. The Morgan fingerprint density at radius 2 is 2.10 bits per heavy atom. The highest BCUT2D eigenvalue weighted by Crippen LogP contribution is 2.25. The molecule has 20 heavy (non-hydrogen) atoms. The summed E-state index contributed by atoms with van der Waals surface area (Å²) in [6.45, 7) is 1.98. The van der Waals surface area contributed by atoms with Crippen molar-refractivity contribution < 1.29 is 9.90 Å². The van der Waals surface area contributed by atoms with Gasteiger partial charge in [0.15, 0.2) is 0 Å². The molecule has 0 aliphatic rings. The van der Waals surface area contributed by atoms with E-state index in [1.165, 1.54) is 0 Å². The summed E-state index contributed by atoms with van der Waals surface area (Å²) in [7, 11) is 0. The van der Waals surface area contributed by atoms with Crippen LogP contribution in [-0.2, 0) is 0 Å². The number of fused-ring (bicyclic) bond motifs is 1. The number of imidazole rings is 1. The van der Waals surface area contributed by atoms with Crippen molar-refractivity contribution in [2.75, 3.05) is 0 Å². The Morgan fingerprint density at radius 3 is 2.80 bits per heavy atom. The van der Waals surface area contributed by atoms with Crippen molar-refractivity contribution in [3.8, 4) is 5.69 Å². The summed E-state index contributed by atoms with van der Waals surface area (Å²) in [5.41, 5.74) is 3.50. The molecule has 3 rings (SSSR count). The number of aryl methyl sites for hydroxylation is 1. The highest BCUT2D eigenvalue weighted by molar-refractivity contribution is 9.10. The number of nitrogens with zero attached hydrogens (tertiary/aromatic N) is 2. The minimum Gasteiger partial charge on any atom is -0.478 e. The molecule has 1 aromatic heterocycles. The summed E-state index contributed by atoms with van der Waals surface area (Å²) in [6.07, 6.45) is 1.66. The molecule has 0 aliphatic carbocycles. The van der Waals surface area contributed by atoms with Gasteiger partial charge < -0.3 is 5.11 Å². The molecular formula is C15H11BrN2O2. The van der Waals surface area contributed by atoms with Crippen LogP contribution in [0.15, 0.2) is 47.2 Å². The van der Waals surface area contributed by atoms with Crippen molar-refractivity contribution in [3.05, 3.63) is 58.3 Å². The van der Waals surface area contributed by atoms with Crippen molar-refractivity contribution in [1.82, 2.24) is 9.55 Å². The predicted molar refractivity (Wildman–Crippen MR) is 80.5 cm³/mol. The Balaban J connectivity index is 2.34. The molecule has 0 unspecified atom stereocenters. The predicted octanol–water partition coefficient (Wildman–Crippen LogP) is 3.79. The molecule has 4 nitrogen and oxygen atoms in total. The molecule has 0 saturated heterocycles. The van der Waals surface area contributed by atoms with Crippen LogP contribution in [0.2, 0.25) is 0 Å². The molecule has 1 heterocycles. The molecule has 1 N–H and O–H groups in total. The monoisotopic (exact) mass is 330 g/mol. The van der Waals surface area contributed by atoms with Gasteiger partial charge in [-0.2, -0.15) is 0 Å². The molecule has 0 aliphatic heterocycles. The van der Waals surface area contributed by atoms with Gasteiger partial charge in [0.25, 0.3) is 0 Å². The van der Waals surface area contributed by atoms with Crippen LogP contribution in [0.25, 0.3) is 16.7 Å². The van der Waals surface area contributed by atoms with E-state index < -0.39 is 5.97 Å². The first kappa shape index (κ1) is 12.9. The van der Waals surface area contributed by atoms with Crippen molar-refractivity contribution in [2.24, 2.45) is 0 Å². The van der Waals surface area contributed by atoms with Crippen LogP contribution in [0.5, 0.6) is 0 Å². The number of hydrogen-bond acceptors (Lipinski definition) is 2. The quantitative estimate of drug-likeness (QED) is 0.777. The Labute approximate surface area is 123 Å². The number of carboxylic acids is 1. The normalized spacial score (nSPS) is 10.9. The van der Waals surface area contributed by atoms with E-state index in [2.05, 4.69) is 20.9 Å². The SMILES string of the molecule is Cc1cc(Br)ccc1-n1cnc2cccc(C(=O)O)c21. The molecule has 5 heteroatoms. The topological polar surface area (TPSA) is 55.1 Å². The van der Waals surface area contributed by atoms with Gasteiger partial charge in [-0.3, -0.25) is 4.57 Å². The van der Waals surface area contributed by atoms with Gasteiger partial charge in [0.2, 0.25) is 0 Å². The summed E-state index contributed by atoms with van der Waals surface area (Å²) in [6, 6.07) is 11.0. The first-order chi connectivity index (χ1) is 9.58. The number of hydrogen-bond donors (Lipinski definition) is 1. The van der Waals surface area contributed by atoms with E-state index in [9.17, 15) is 9.90 Å². The summed E-state index contributed by atoms with van der Waals surface area (Å²) >= 11 is 3.43. The first-order valence-corrected chi connectivity index (χ1v) is 6.83. The Morgan fingerprint density at radius 1 is 1.30 bits per heavy atom. The van der Waals surface area contributed by atoms with Crippen LogP contribution in [0.4, 0.5) is 0 Å². The van der Waals surface area contributed by atoms with E-state index >= 15 is 0 Å². The molecule has 0 spiro atoms. The number of para-hydroxylation sites is 1. The molecule has 0 amide bonds.